The Morgan fingerprint density at radius 3 is 2.03 bits per heavy atom. The zero-order valence-corrected chi connectivity index (χ0v) is 19.6. The van der Waals surface area contributed by atoms with Crippen molar-refractivity contribution < 1.29 is 34.6 Å². The Morgan fingerprint density at radius 2 is 1.41 bits per heavy atom. The SMILES string of the molecule is Cc1cccc(Cl)c1C(=O)Pc1ccc(Oc2ccccc2)cc1Oc1ccccc1.[H-].[Li+]. The van der Waals surface area contributed by atoms with Gasteiger partial charge in [-0.1, -0.05) is 60.1 Å². The van der Waals surface area contributed by atoms with E-state index in [1.54, 1.807) is 6.07 Å². The van der Waals surface area contributed by atoms with Crippen molar-refractivity contribution in [2.45, 2.75) is 6.92 Å². The standard InChI is InChI=1S/C26H20ClO3P.Li.H/c1-18-9-8-14-22(27)25(18)26(28)31-24-16-15-21(29-19-10-4-2-5-11-19)17-23(24)30-20-12-6-3-7-13-20;;/h2-17,31H,1H3;;/q;+1;-1. The van der Waals surface area contributed by atoms with E-state index in [0.717, 1.165) is 16.6 Å². The van der Waals surface area contributed by atoms with E-state index in [2.05, 4.69) is 0 Å². The number of hydrogen-bond acceptors (Lipinski definition) is 3. The molecule has 0 aliphatic rings. The van der Waals surface area contributed by atoms with Crippen molar-refractivity contribution in [2.24, 2.45) is 0 Å². The van der Waals surface area contributed by atoms with Crippen molar-refractivity contribution in [3.05, 3.63) is 113 Å². The molecule has 0 saturated carbocycles. The fourth-order valence-electron chi connectivity index (χ4n) is 3.10. The molecule has 0 N–H and O–H groups in total. The summed E-state index contributed by atoms with van der Waals surface area (Å²) in [7, 11) is -0.141. The van der Waals surface area contributed by atoms with E-state index in [-0.39, 0.29) is 34.4 Å². The van der Waals surface area contributed by atoms with Crippen molar-refractivity contribution in [1.82, 2.24) is 0 Å². The first-order valence-corrected chi connectivity index (χ1v) is 11.1. The van der Waals surface area contributed by atoms with Crippen LogP contribution >= 0.6 is 20.2 Å². The third kappa shape index (κ3) is 6.03. The number of hydrogen-bond donors (Lipinski definition) is 0. The van der Waals surface area contributed by atoms with Gasteiger partial charge in [-0.25, -0.2) is 0 Å². The molecule has 0 aliphatic heterocycles. The monoisotopic (exact) mass is 454 g/mol. The van der Waals surface area contributed by atoms with Gasteiger partial charge in [0.05, 0.1) is 5.02 Å². The number of para-hydroxylation sites is 2. The van der Waals surface area contributed by atoms with Gasteiger partial charge in [-0.05, 0) is 63.5 Å². The second-order valence-corrected chi connectivity index (χ2v) is 8.52. The first-order valence-electron chi connectivity index (χ1n) is 9.76. The van der Waals surface area contributed by atoms with E-state index in [9.17, 15) is 4.79 Å². The summed E-state index contributed by atoms with van der Waals surface area (Å²) < 4.78 is 12.1. The molecule has 6 heteroatoms. The van der Waals surface area contributed by atoms with Gasteiger partial charge in [0.15, 0.2) is 5.52 Å². The molecule has 4 rings (SSSR count). The van der Waals surface area contributed by atoms with E-state index >= 15 is 0 Å². The zero-order valence-electron chi connectivity index (χ0n) is 18.8. The predicted octanol–water partition coefficient (Wildman–Crippen LogP) is 4.49. The number of aryl methyl sites for hydroxylation is 1. The second-order valence-electron chi connectivity index (χ2n) is 6.87. The molecule has 0 amide bonds. The Labute approximate surface area is 208 Å². The molecule has 4 aromatic rings. The van der Waals surface area contributed by atoms with E-state index in [0.29, 0.717) is 27.8 Å². The van der Waals surface area contributed by atoms with Crippen LogP contribution in [0.15, 0.2) is 97.1 Å². The Kier molecular flexibility index (Phi) is 8.57. The fourth-order valence-corrected chi connectivity index (χ4v) is 4.60. The molecule has 1 atom stereocenters. The molecule has 32 heavy (non-hydrogen) atoms. The van der Waals surface area contributed by atoms with Crippen LogP contribution in [-0.4, -0.2) is 5.52 Å². The second kappa shape index (κ2) is 11.4. The van der Waals surface area contributed by atoms with Crippen molar-refractivity contribution in [2.75, 3.05) is 0 Å². The Balaban J connectivity index is 0.00000193. The molecule has 0 heterocycles. The summed E-state index contributed by atoms with van der Waals surface area (Å²) in [6, 6.07) is 30.0. The van der Waals surface area contributed by atoms with Gasteiger partial charge in [0.25, 0.3) is 0 Å². The summed E-state index contributed by atoms with van der Waals surface area (Å²) in [5.41, 5.74) is 1.38. The number of carbonyl (C=O) groups excluding carboxylic acids is 1. The first-order chi connectivity index (χ1) is 15.1. The fraction of sp³-hybridized carbons (Fsp3) is 0.0385. The average molecular weight is 455 g/mol. The van der Waals surface area contributed by atoms with Crippen LogP contribution in [0.25, 0.3) is 0 Å². The van der Waals surface area contributed by atoms with E-state index < -0.39 is 0 Å². The number of ether oxygens (including phenoxy) is 2. The van der Waals surface area contributed by atoms with Gasteiger partial charge in [-0.2, -0.15) is 0 Å². The molecule has 0 fully saturated rings. The Morgan fingerprint density at radius 1 is 0.781 bits per heavy atom. The third-order valence-electron chi connectivity index (χ3n) is 4.60. The quantitative estimate of drug-likeness (QED) is 0.305. The summed E-state index contributed by atoms with van der Waals surface area (Å²) in [5.74, 6) is 2.63. The third-order valence-corrected chi connectivity index (χ3v) is 6.07. The maximum atomic E-state index is 13.1. The van der Waals surface area contributed by atoms with Crippen LogP contribution in [0, 0.1) is 6.92 Å². The molecule has 0 spiro atoms. The van der Waals surface area contributed by atoms with Gasteiger partial charge in [-0.15, -0.1) is 0 Å². The van der Waals surface area contributed by atoms with E-state index in [1.165, 1.54) is 0 Å². The Bertz CT molecular complexity index is 1190. The van der Waals surface area contributed by atoms with E-state index in [4.69, 9.17) is 21.1 Å². The molecular formula is C26H21ClLiO3P. The first kappa shape index (κ1) is 24.1. The maximum Gasteiger partial charge on any atom is 1.00 e. The van der Waals surface area contributed by atoms with E-state index in [1.807, 2.05) is 97.9 Å². The molecule has 3 nitrogen and oxygen atoms in total. The molecule has 156 valence electrons. The number of benzene rings is 4. The zero-order chi connectivity index (χ0) is 21.6. The van der Waals surface area contributed by atoms with Crippen LogP contribution in [0.1, 0.15) is 17.3 Å². The molecule has 4 aromatic carbocycles. The van der Waals surface area contributed by atoms with Crippen LogP contribution in [0.3, 0.4) is 0 Å². The molecular weight excluding hydrogens is 434 g/mol. The predicted molar refractivity (Wildman–Crippen MR) is 129 cm³/mol. The topological polar surface area (TPSA) is 35.5 Å². The Hall–Kier alpha value is -2.53. The van der Waals surface area contributed by atoms with Crippen molar-refractivity contribution in [3.63, 3.8) is 0 Å². The van der Waals surface area contributed by atoms with Gasteiger partial charge in [0.1, 0.15) is 23.0 Å². The number of halogens is 1. The summed E-state index contributed by atoms with van der Waals surface area (Å²) in [5, 5.41) is 1.25. The minimum Gasteiger partial charge on any atom is -1.00 e. The van der Waals surface area contributed by atoms with Crippen molar-refractivity contribution in [1.29, 1.82) is 0 Å². The normalized spacial score (nSPS) is 10.6. The van der Waals surface area contributed by atoms with Crippen LogP contribution in [0.2, 0.25) is 5.02 Å². The van der Waals surface area contributed by atoms with Gasteiger partial charge in [0.2, 0.25) is 0 Å². The molecule has 0 aromatic heterocycles. The van der Waals surface area contributed by atoms with Crippen LogP contribution in [-0.2, 0) is 0 Å². The minimum absolute atomic E-state index is 0. The molecule has 1 unspecified atom stereocenters. The molecule has 0 bridgehead atoms. The van der Waals surface area contributed by atoms with Gasteiger partial charge >= 0.3 is 18.9 Å². The summed E-state index contributed by atoms with van der Waals surface area (Å²) >= 11 is 6.31. The number of carbonyl (C=O) groups is 1. The summed E-state index contributed by atoms with van der Waals surface area (Å²) in [6.07, 6.45) is 0. The van der Waals surface area contributed by atoms with Crippen molar-refractivity contribution in [3.8, 4) is 23.0 Å². The molecule has 0 radical (unpaired) electrons. The van der Waals surface area contributed by atoms with Crippen LogP contribution in [0.4, 0.5) is 0 Å². The summed E-state index contributed by atoms with van der Waals surface area (Å²) in [6.45, 7) is 1.89. The largest absolute Gasteiger partial charge is 1.00 e. The smallest absolute Gasteiger partial charge is 1.00 e. The maximum absolute atomic E-state index is 13.1. The van der Waals surface area contributed by atoms with Crippen LogP contribution < -0.4 is 33.6 Å². The number of rotatable bonds is 7. The molecule has 0 saturated heterocycles. The van der Waals surface area contributed by atoms with Gasteiger partial charge < -0.3 is 10.9 Å². The van der Waals surface area contributed by atoms with Crippen LogP contribution in [0.5, 0.6) is 23.0 Å². The van der Waals surface area contributed by atoms with Gasteiger partial charge in [-0.3, -0.25) is 4.79 Å². The average Bonchev–Trinajstić information content (AvgIpc) is 2.77. The minimum atomic E-state index is -0.141. The molecule has 0 aliphatic carbocycles. The van der Waals surface area contributed by atoms with Crippen molar-refractivity contribution >= 4 is 31.0 Å². The van der Waals surface area contributed by atoms with Gasteiger partial charge in [0, 0.05) is 16.9 Å². The summed E-state index contributed by atoms with van der Waals surface area (Å²) in [4.78, 5) is 13.1.